The second-order valence-electron chi connectivity index (χ2n) is 8.60. The number of rotatable bonds is 4. The van der Waals surface area contributed by atoms with E-state index in [1.165, 1.54) is 34.0 Å². The van der Waals surface area contributed by atoms with E-state index in [4.69, 9.17) is 11.6 Å². The lowest BCUT2D eigenvalue weighted by Gasteiger charge is -2.23. The van der Waals surface area contributed by atoms with E-state index in [9.17, 15) is 9.18 Å². The second-order valence-corrected chi connectivity index (χ2v) is 9.01. The van der Waals surface area contributed by atoms with Crippen LogP contribution >= 0.6 is 11.6 Å². The number of aryl methyl sites for hydroxylation is 1. The molecule has 1 amide bonds. The van der Waals surface area contributed by atoms with Gasteiger partial charge in [0.2, 0.25) is 11.9 Å². The molecule has 1 aliphatic rings. The minimum atomic E-state index is -0.705. The maximum absolute atomic E-state index is 14.1. The molecule has 0 saturated carbocycles. The second kappa shape index (κ2) is 7.67. The van der Waals surface area contributed by atoms with Crippen molar-refractivity contribution in [1.82, 2.24) is 44.4 Å². The van der Waals surface area contributed by atoms with E-state index in [1.807, 2.05) is 26.2 Å². The lowest BCUT2D eigenvalue weighted by atomic mass is 9.82. The number of hydrogen-bond acceptors (Lipinski definition) is 7. The Morgan fingerprint density at radius 3 is 2.71 bits per heavy atom. The van der Waals surface area contributed by atoms with Gasteiger partial charge in [-0.15, -0.1) is 9.90 Å². The average Bonchev–Trinajstić information content (AvgIpc) is 3.60. The summed E-state index contributed by atoms with van der Waals surface area (Å²) < 4.78 is 17.2. The van der Waals surface area contributed by atoms with Crippen LogP contribution in [0.3, 0.4) is 0 Å². The number of nitrogens with one attached hydrogen (secondary N) is 1. The Bertz CT molecular complexity index is 1590. The van der Waals surface area contributed by atoms with Crippen molar-refractivity contribution in [3.63, 3.8) is 0 Å². The summed E-state index contributed by atoms with van der Waals surface area (Å²) in [5.41, 5.74) is 2.17. The summed E-state index contributed by atoms with van der Waals surface area (Å²) in [6.45, 7) is 1.98. The van der Waals surface area contributed by atoms with Gasteiger partial charge in [0.15, 0.2) is 11.5 Å². The molecule has 0 aliphatic heterocycles. The van der Waals surface area contributed by atoms with Gasteiger partial charge < -0.3 is 5.32 Å². The Morgan fingerprint density at radius 1 is 1.20 bits per heavy atom. The highest BCUT2D eigenvalue weighted by Gasteiger charge is 2.48. The number of hydrogen-bond donors (Lipinski definition) is 1. The van der Waals surface area contributed by atoms with Crippen molar-refractivity contribution in [2.24, 2.45) is 7.05 Å². The molecule has 11 nitrogen and oxygen atoms in total. The third kappa shape index (κ3) is 3.36. The van der Waals surface area contributed by atoms with E-state index in [-0.39, 0.29) is 10.9 Å². The summed E-state index contributed by atoms with van der Waals surface area (Å²) in [5, 5.41) is 19.8. The van der Waals surface area contributed by atoms with Gasteiger partial charge in [-0.3, -0.25) is 9.48 Å². The minimum absolute atomic E-state index is 0.275. The number of carbonyl (C=O) groups excluding carboxylic acids is 1. The molecule has 0 bridgehead atoms. The van der Waals surface area contributed by atoms with Gasteiger partial charge in [-0.25, -0.2) is 14.5 Å². The number of halogens is 2. The van der Waals surface area contributed by atoms with E-state index >= 15 is 0 Å². The number of fused-ring (bicyclic) bond motifs is 3. The molecular formula is C22H18ClFN10O. The molecule has 0 spiro atoms. The molecule has 0 saturated heterocycles. The molecule has 13 heteroatoms. The first kappa shape index (κ1) is 21.4. The van der Waals surface area contributed by atoms with Crippen LogP contribution < -0.4 is 5.32 Å². The monoisotopic (exact) mass is 492 g/mol. The van der Waals surface area contributed by atoms with Crippen molar-refractivity contribution >= 4 is 28.8 Å². The van der Waals surface area contributed by atoms with Gasteiger partial charge in [0, 0.05) is 31.1 Å². The molecule has 6 rings (SSSR count). The van der Waals surface area contributed by atoms with Gasteiger partial charge in [-0.1, -0.05) is 11.6 Å². The molecule has 5 heterocycles. The number of anilines is 1. The molecule has 2 atom stereocenters. The molecule has 35 heavy (non-hydrogen) atoms. The lowest BCUT2D eigenvalue weighted by Crippen LogP contribution is -2.26. The van der Waals surface area contributed by atoms with Crippen LogP contribution in [-0.4, -0.2) is 50.3 Å². The Labute approximate surface area is 202 Å². The summed E-state index contributed by atoms with van der Waals surface area (Å²) in [4.78, 5) is 23.4. The number of amides is 1. The molecule has 5 aromatic heterocycles. The van der Waals surface area contributed by atoms with E-state index in [0.29, 0.717) is 34.8 Å². The first-order valence-electron chi connectivity index (χ1n) is 10.7. The molecule has 1 aliphatic carbocycles. The number of pyridine rings is 1. The predicted octanol–water partition coefficient (Wildman–Crippen LogP) is 2.66. The quantitative estimate of drug-likeness (QED) is 0.409. The zero-order chi connectivity index (χ0) is 24.3. The highest BCUT2D eigenvalue weighted by Crippen LogP contribution is 2.49. The predicted molar refractivity (Wildman–Crippen MR) is 123 cm³/mol. The third-order valence-corrected chi connectivity index (χ3v) is 6.56. The first-order valence-corrected chi connectivity index (χ1v) is 11.1. The van der Waals surface area contributed by atoms with Crippen molar-refractivity contribution in [3.8, 4) is 5.82 Å². The number of aromatic nitrogens is 9. The van der Waals surface area contributed by atoms with E-state index in [2.05, 4.69) is 35.7 Å². The minimum Gasteiger partial charge on any atom is -0.324 e. The van der Waals surface area contributed by atoms with E-state index in [1.54, 1.807) is 16.9 Å². The summed E-state index contributed by atoms with van der Waals surface area (Å²) in [5.74, 6) is -1.17. The lowest BCUT2D eigenvalue weighted by molar-refractivity contribution is -0.117. The molecule has 0 fully saturated rings. The fraction of sp³-hybridized carbons (Fsp3) is 0.227. The highest BCUT2D eigenvalue weighted by molar-refractivity contribution is 6.32. The summed E-state index contributed by atoms with van der Waals surface area (Å²) >= 11 is 6.36. The van der Waals surface area contributed by atoms with Crippen LogP contribution in [0, 0.1) is 5.95 Å². The molecule has 0 radical (unpaired) electrons. The zero-order valence-electron chi connectivity index (χ0n) is 18.6. The van der Waals surface area contributed by atoms with Crippen molar-refractivity contribution in [1.29, 1.82) is 0 Å². The average molecular weight is 493 g/mol. The van der Waals surface area contributed by atoms with Gasteiger partial charge >= 0.3 is 0 Å². The molecule has 5 aromatic rings. The SMILES string of the molecule is Cn1ccc(C2(C)CC(C(=O)Nc3cnc(-n4nccn4)c(Cl)c3)c3cnc4cc(F)nn4c32)n1. The van der Waals surface area contributed by atoms with Crippen molar-refractivity contribution in [2.45, 2.75) is 24.7 Å². The maximum Gasteiger partial charge on any atom is 0.235 e. The standard InChI is InChI=1S/C22H18ClFN10O/c1-22(16-3-6-32(2)30-16)9-13(14-11-25-18-8-17(24)31-33(18)19(14)22)21(35)29-12-7-15(23)20(26-10-12)34-27-4-5-28-34/h3-8,10-11,13H,9H2,1-2H3,(H,29,35). The van der Waals surface area contributed by atoms with Crippen LogP contribution in [-0.2, 0) is 17.3 Å². The summed E-state index contributed by atoms with van der Waals surface area (Å²) in [6.07, 6.45) is 8.35. The van der Waals surface area contributed by atoms with Crippen molar-refractivity contribution in [3.05, 3.63) is 77.1 Å². The molecule has 176 valence electrons. The normalized spacial score (nSPS) is 19.3. The molecule has 1 N–H and O–H groups in total. The third-order valence-electron chi connectivity index (χ3n) is 6.29. The zero-order valence-corrected chi connectivity index (χ0v) is 19.3. The summed E-state index contributed by atoms with van der Waals surface area (Å²) in [6, 6.07) is 4.74. The Balaban J connectivity index is 1.38. The number of carbonyl (C=O) groups is 1. The molecule has 0 aromatic carbocycles. The van der Waals surface area contributed by atoms with Gasteiger partial charge in [0.05, 0.1) is 52.0 Å². The number of nitrogens with zero attached hydrogens (tertiary/aromatic N) is 9. The largest absolute Gasteiger partial charge is 0.324 e. The van der Waals surface area contributed by atoms with Crippen LogP contribution in [0.5, 0.6) is 0 Å². The van der Waals surface area contributed by atoms with E-state index < -0.39 is 17.3 Å². The van der Waals surface area contributed by atoms with Gasteiger partial charge in [0.1, 0.15) is 0 Å². The Hall–Kier alpha value is -4.19. The van der Waals surface area contributed by atoms with Crippen molar-refractivity contribution < 1.29 is 9.18 Å². The van der Waals surface area contributed by atoms with Gasteiger partial charge in [-0.2, -0.15) is 19.7 Å². The summed E-state index contributed by atoms with van der Waals surface area (Å²) in [7, 11) is 1.82. The maximum atomic E-state index is 14.1. The van der Waals surface area contributed by atoms with Crippen LogP contribution in [0.1, 0.15) is 36.2 Å². The van der Waals surface area contributed by atoms with Crippen LogP contribution in [0.4, 0.5) is 10.1 Å². The highest BCUT2D eigenvalue weighted by atomic mass is 35.5. The molecular weight excluding hydrogens is 475 g/mol. The van der Waals surface area contributed by atoms with Gasteiger partial charge in [0.25, 0.3) is 0 Å². The Morgan fingerprint density at radius 2 is 2.00 bits per heavy atom. The fourth-order valence-electron chi connectivity index (χ4n) is 4.71. The fourth-order valence-corrected chi connectivity index (χ4v) is 4.95. The van der Waals surface area contributed by atoms with Crippen LogP contribution in [0.25, 0.3) is 11.5 Å². The molecule has 2 unspecified atom stereocenters. The van der Waals surface area contributed by atoms with Crippen LogP contribution in [0.15, 0.2) is 49.2 Å². The van der Waals surface area contributed by atoms with Gasteiger partial charge in [-0.05, 0) is 25.5 Å². The first-order chi connectivity index (χ1) is 16.8. The smallest absolute Gasteiger partial charge is 0.235 e. The Kier molecular flexibility index (Phi) is 4.68. The van der Waals surface area contributed by atoms with Crippen molar-refractivity contribution in [2.75, 3.05) is 5.32 Å². The van der Waals surface area contributed by atoms with Crippen LogP contribution in [0.2, 0.25) is 5.02 Å². The topological polar surface area (TPSA) is 121 Å². The van der Waals surface area contributed by atoms with E-state index in [0.717, 1.165) is 5.69 Å².